The monoisotopic (exact) mass is 351 g/mol. The predicted octanol–water partition coefficient (Wildman–Crippen LogP) is 2.74. The zero-order valence-electron chi connectivity index (χ0n) is 15.5. The minimum Gasteiger partial charge on any atom is -0.469 e. The van der Waals surface area contributed by atoms with Crippen molar-refractivity contribution in [3.63, 3.8) is 0 Å². The third kappa shape index (κ3) is 8.93. The highest BCUT2D eigenvalue weighted by Gasteiger charge is 2.14. The Labute approximate surface area is 151 Å². The number of ether oxygens (including phenoxy) is 2. The van der Waals surface area contributed by atoms with Gasteiger partial charge >= 0.3 is 0 Å². The van der Waals surface area contributed by atoms with Gasteiger partial charge in [0.1, 0.15) is 5.76 Å². The van der Waals surface area contributed by atoms with Crippen molar-refractivity contribution in [3.8, 4) is 0 Å². The Kier molecular flexibility index (Phi) is 10.1. The molecule has 0 aliphatic carbocycles. The summed E-state index contributed by atoms with van der Waals surface area (Å²) >= 11 is 0. The number of nitrogens with zero attached hydrogens (tertiary/aromatic N) is 1. The lowest BCUT2D eigenvalue weighted by Crippen LogP contribution is -2.39. The zero-order chi connectivity index (χ0) is 17.6. The van der Waals surface area contributed by atoms with E-state index in [0.717, 1.165) is 76.7 Å². The average Bonchev–Trinajstić information content (AvgIpc) is 3.31. The Bertz CT molecular complexity index is 456. The van der Waals surface area contributed by atoms with E-state index in [4.69, 9.17) is 13.9 Å². The van der Waals surface area contributed by atoms with Crippen LogP contribution in [0.15, 0.2) is 27.8 Å². The lowest BCUT2D eigenvalue weighted by Gasteiger charge is -2.12. The van der Waals surface area contributed by atoms with Crippen molar-refractivity contribution >= 4 is 5.96 Å². The van der Waals surface area contributed by atoms with Crippen LogP contribution in [0.1, 0.15) is 44.8 Å². The molecule has 1 saturated heterocycles. The quantitative estimate of drug-likeness (QED) is 0.344. The highest BCUT2D eigenvalue weighted by Crippen LogP contribution is 2.11. The van der Waals surface area contributed by atoms with Crippen molar-refractivity contribution in [1.29, 1.82) is 0 Å². The maximum Gasteiger partial charge on any atom is 0.191 e. The van der Waals surface area contributed by atoms with E-state index in [0.29, 0.717) is 12.7 Å². The Balaban J connectivity index is 1.59. The van der Waals surface area contributed by atoms with Gasteiger partial charge in [0.05, 0.1) is 19.0 Å². The van der Waals surface area contributed by atoms with Gasteiger partial charge in [-0.25, -0.2) is 0 Å². The molecule has 1 aromatic heterocycles. The molecule has 2 N–H and O–H groups in total. The molecular weight excluding hydrogens is 318 g/mol. The molecule has 0 spiro atoms. The van der Waals surface area contributed by atoms with Crippen LogP contribution in [0.4, 0.5) is 0 Å². The SMILES string of the molecule is CCCCNC(=NCCCOCC1CCCO1)NCCc1ccco1. The third-order valence-electron chi connectivity index (χ3n) is 4.11. The van der Waals surface area contributed by atoms with Crippen LogP contribution >= 0.6 is 0 Å². The fourth-order valence-electron chi connectivity index (χ4n) is 2.66. The molecule has 0 bridgehead atoms. The van der Waals surface area contributed by atoms with Crippen LogP contribution in [0.3, 0.4) is 0 Å². The van der Waals surface area contributed by atoms with Gasteiger partial charge in [-0.1, -0.05) is 13.3 Å². The van der Waals surface area contributed by atoms with Gasteiger partial charge in [0.15, 0.2) is 5.96 Å². The van der Waals surface area contributed by atoms with E-state index >= 15 is 0 Å². The minimum atomic E-state index is 0.304. The van der Waals surface area contributed by atoms with Gasteiger partial charge in [-0.15, -0.1) is 0 Å². The van der Waals surface area contributed by atoms with E-state index in [9.17, 15) is 0 Å². The molecule has 25 heavy (non-hydrogen) atoms. The molecule has 6 heteroatoms. The molecule has 1 atom stereocenters. The fourth-order valence-corrected chi connectivity index (χ4v) is 2.66. The smallest absolute Gasteiger partial charge is 0.191 e. The molecule has 0 radical (unpaired) electrons. The fraction of sp³-hybridized carbons (Fsp3) is 0.737. The number of aliphatic imine (C=N–C) groups is 1. The summed E-state index contributed by atoms with van der Waals surface area (Å²) in [6.45, 7) is 7.03. The Morgan fingerprint density at radius 2 is 2.24 bits per heavy atom. The highest BCUT2D eigenvalue weighted by molar-refractivity contribution is 5.79. The molecule has 1 aliphatic rings. The number of nitrogens with one attached hydrogen (secondary N) is 2. The molecule has 142 valence electrons. The van der Waals surface area contributed by atoms with Gasteiger partial charge < -0.3 is 24.5 Å². The van der Waals surface area contributed by atoms with E-state index in [1.165, 1.54) is 6.42 Å². The highest BCUT2D eigenvalue weighted by atomic mass is 16.5. The number of furan rings is 1. The second-order valence-corrected chi connectivity index (χ2v) is 6.33. The standard InChI is InChI=1S/C19H33N3O3/c1-2-3-10-20-19(22-12-9-17-7-4-14-24-17)21-11-6-13-23-16-18-8-5-15-25-18/h4,7,14,18H,2-3,5-6,8-13,15-16H2,1H3,(H2,20,21,22). The Hall–Kier alpha value is -1.53. The predicted molar refractivity (Wildman–Crippen MR) is 100 cm³/mol. The maximum atomic E-state index is 5.68. The maximum absolute atomic E-state index is 5.68. The van der Waals surface area contributed by atoms with Crippen molar-refractivity contribution < 1.29 is 13.9 Å². The first-order valence-corrected chi connectivity index (χ1v) is 9.62. The molecule has 0 aromatic carbocycles. The molecule has 1 fully saturated rings. The largest absolute Gasteiger partial charge is 0.469 e. The van der Waals surface area contributed by atoms with E-state index in [1.54, 1.807) is 6.26 Å². The number of hydrogen-bond acceptors (Lipinski definition) is 4. The number of guanidine groups is 1. The van der Waals surface area contributed by atoms with Gasteiger partial charge in [0, 0.05) is 39.3 Å². The van der Waals surface area contributed by atoms with Crippen LogP contribution in [0.25, 0.3) is 0 Å². The molecule has 1 aliphatic heterocycles. The van der Waals surface area contributed by atoms with E-state index in [2.05, 4.69) is 22.5 Å². The second-order valence-electron chi connectivity index (χ2n) is 6.33. The molecule has 2 rings (SSSR count). The first-order valence-electron chi connectivity index (χ1n) is 9.62. The van der Waals surface area contributed by atoms with Crippen molar-refractivity contribution in [1.82, 2.24) is 10.6 Å². The first-order chi connectivity index (χ1) is 12.4. The number of unbranched alkanes of at least 4 members (excludes halogenated alkanes) is 1. The molecule has 6 nitrogen and oxygen atoms in total. The van der Waals surface area contributed by atoms with Crippen LogP contribution in [-0.2, 0) is 15.9 Å². The summed E-state index contributed by atoms with van der Waals surface area (Å²) in [6.07, 6.45) is 8.39. The zero-order valence-corrected chi connectivity index (χ0v) is 15.5. The molecule has 2 heterocycles. The van der Waals surface area contributed by atoms with Gasteiger partial charge in [-0.05, 0) is 37.8 Å². The molecule has 0 amide bonds. The van der Waals surface area contributed by atoms with Crippen molar-refractivity contribution in [2.24, 2.45) is 4.99 Å². The van der Waals surface area contributed by atoms with Gasteiger partial charge in [0.25, 0.3) is 0 Å². The summed E-state index contributed by atoms with van der Waals surface area (Å²) in [6, 6.07) is 3.91. The summed E-state index contributed by atoms with van der Waals surface area (Å²) in [5.74, 6) is 1.86. The molecular formula is C19H33N3O3. The van der Waals surface area contributed by atoms with E-state index < -0.39 is 0 Å². The van der Waals surface area contributed by atoms with Gasteiger partial charge in [0.2, 0.25) is 0 Å². The Morgan fingerprint density at radius 1 is 1.32 bits per heavy atom. The minimum absolute atomic E-state index is 0.304. The third-order valence-corrected chi connectivity index (χ3v) is 4.11. The van der Waals surface area contributed by atoms with Crippen LogP contribution in [0.2, 0.25) is 0 Å². The molecule has 1 unspecified atom stereocenters. The lowest BCUT2D eigenvalue weighted by atomic mass is 10.2. The summed E-state index contributed by atoms with van der Waals surface area (Å²) in [7, 11) is 0. The van der Waals surface area contributed by atoms with Crippen molar-refractivity contribution in [3.05, 3.63) is 24.2 Å². The number of rotatable bonds is 12. The van der Waals surface area contributed by atoms with Crippen LogP contribution < -0.4 is 10.6 Å². The topological polar surface area (TPSA) is 68.0 Å². The Morgan fingerprint density at radius 3 is 3.00 bits per heavy atom. The second kappa shape index (κ2) is 12.8. The van der Waals surface area contributed by atoms with Crippen LogP contribution in [0, 0.1) is 0 Å². The van der Waals surface area contributed by atoms with Crippen molar-refractivity contribution in [2.45, 2.75) is 51.6 Å². The summed E-state index contributed by atoms with van der Waals surface area (Å²) in [5, 5.41) is 6.75. The van der Waals surface area contributed by atoms with Crippen molar-refractivity contribution in [2.75, 3.05) is 39.5 Å². The first kappa shape index (κ1) is 19.8. The lowest BCUT2D eigenvalue weighted by molar-refractivity contribution is 0.0171. The van der Waals surface area contributed by atoms with Gasteiger partial charge in [-0.2, -0.15) is 0 Å². The number of hydrogen-bond donors (Lipinski definition) is 2. The van der Waals surface area contributed by atoms with Gasteiger partial charge in [-0.3, -0.25) is 4.99 Å². The average molecular weight is 351 g/mol. The summed E-state index contributed by atoms with van der Waals surface area (Å²) in [5.41, 5.74) is 0. The summed E-state index contributed by atoms with van der Waals surface area (Å²) in [4.78, 5) is 4.64. The van der Waals surface area contributed by atoms with Crippen LogP contribution in [0.5, 0.6) is 0 Å². The van der Waals surface area contributed by atoms with Crippen LogP contribution in [-0.4, -0.2) is 51.5 Å². The normalized spacial score (nSPS) is 17.8. The van der Waals surface area contributed by atoms with E-state index in [1.807, 2.05) is 12.1 Å². The molecule has 0 saturated carbocycles. The van der Waals surface area contributed by atoms with E-state index in [-0.39, 0.29) is 0 Å². The summed E-state index contributed by atoms with van der Waals surface area (Å²) < 4.78 is 16.6. The molecule has 1 aromatic rings.